The first-order valence-corrected chi connectivity index (χ1v) is 4.32. The van der Waals surface area contributed by atoms with Gasteiger partial charge in [0.2, 0.25) is 5.91 Å². The Bertz CT molecular complexity index is 240. The lowest BCUT2D eigenvalue weighted by Gasteiger charge is -2.32. The summed E-state index contributed by atoms with van der Waals surface area (Å²) in [7, 11) is 1.60. The molecule has 0 aromatic heterocycles. The quantitative estimate of drug-likeness (QED) is 0.633. The van der Waals surface area contributed by atoms with Crippen molar-refractivity contribution in [3.8, 4) is 0 Å². The van der Waals surface area contributed by atoms with Crippen LogP contribution in [0.25, 0.3) is 0 Å². The number of hydrogen-bond donors (Lipinski definition) is 0. The minimum Gasteiger partial charge on any atom is -0.377 e. The Labute approximate surface area is 78.6 Å². The second-order valence-electron chi connectivity index (χ2n) is 4.07. The third-order valence-electron chi connectivity index (χ3n) is 1.85. The van der Waals surface area contributed by atoms with Crippen LogP contribution in [0.5, 0.6) is 0 Å². The molecule has 1 amide bonds. The van der Waals surface area contributed by atoms with Crippen molar-refractivity contribution in [2.45, 2.75) is 26.3 Å². The van der Waals surface area contributed by atoms with Crippen molar-refractivity contribution in [3.63, 3.8) is 0 Å². The van der Waals surface area contributed by atoms with Crippen molar-refractivity contribution in [3.05, 3.63) is 0 Å². The van der Waals surface area contributed by atoms with Gasteiger partial charge in [-0.25, -0.2) is 0 Å². The third kappa shape index (κ3) is 2.06. The molecular formula is C9H16N2O2. The van der Waals surface area contributed by atoms with Gasteiger partial charge in [-0.1, -0.05) is 0 Å². The Morgan fingerprint density at radius 3 is 2.62 bits per heavy atom. The smallest absolute Gasteiger partial charge is 0.250 e. The van der Waals surface area contributed by atoms with Gasteiger partial charge in [0.1, 0.15) is 19.0 Å². The van der Waals surface area contributed by atoms with Crippen LogP contribution < -0.4 is 0 Å². The van der Waals surface area contributed by atoms with E-state index in [4.69, 9.17) is 4.74 Å². The zero-order chi connectivity index (χ0) is 10.1. The van der Waals surface area contributed by atoms with E-state index in [9.17, 15) is 4.79 Å². The summed E-state index contributed by atoms with van der Waals surface area (Å²) in [4.78, 5) is 17.3. The largest absolute Gasteiger partial charge is 0.377 e. The van der Waals surface area contributed by atoms with Gasteiger partial charge in [0.15, 0.2) is 0 Å². The van der Waals surface area contributed by atoms with Gasteiger partial charge in [-0.15, -0.1) is 0 Å². The molecule has 0 saturated heterocycles. The second-order valence-corrected chi connectivity index (χ2v) is 4.07. The van der Waals surface area contributed by atoms with E-state index in [0.717, 1.165) is 5.84 Å². The number of rotatable bonds is 2. The number of hydrogen-bond acceptors (Lipinski definition) is 3. The standard InChI is InChI=1S/C9H16N2O2/c1-9(2,3)11-7(6-13-4)10-5-8(11)12/h5-6H2,1-4H3. The number of nitrogens with zero attached hydrogens (tertiary/aromatic N) is 2. The number of aliphatic imine (C=N–C) groups is 1. The first kappa shape index (κ1) is 10.2. The average Bonchev–Trinajstić information content (AvgIpc) is 2.31. The minimum absolute atomic E-state index is 0.0551. The SMILES string of the molecule is COCC1=NCC(=O)N1C(C)(C)C. The molecule has 1 rings (SSSR count). The number of amides is 1. The lowest BCUT2D eigenvalue weighted by molar-refractivity contribution is -0.128. The first-order valence-electron chi connectivity index (χ1n) is 4.32. The molecule has 13 heavy (non-hydrogen) atoms. The molecule has 0 N–H and O–H groups in total. The molecule has 1 heterocycles. The van der Waals surface area contributed by atoms with Gasteiger partial charge in [0.05, 0.1) is 0 Å². The molecule has 74 valence electrons. The van der Waals surface area contributed by atoms with E-state index in [0.29, 0.717) is 6.61 Å². The van der Waals surface area contributed by atoms with E-state index in [1.54, 1.807) is 12.0 Å². The zero-order valence-electron chi connectivity index (χ0n) is 8.63. The lowest BCUT2D eigenvalue weighted by Crippen LogP contribution is -2.48. The van der Waals surface area contributed by atoms with Crippen molar-refractivity contribution in [1.29, 1.82) is 0 Å². The van der Waals surface area contributed by atoms with E-state index in [1.807, 2.05) is 20.8 Å². The van der Waals surface area contributed by atoms with E-state index in [-0.39, 0.29) is 18.0 Å². The van der Waals surface area contributed by atoms with E-state index >= 15 is 0 Å². The molecule has 0 saturated carbocycles. The predicted molar refractivity (Wildman–Crippen MR) is 50.8 cm³/mol. The van der Waals surface area contributed by atoms with Crippen LogP contribution in [-0.4, -0.2) is 42.4 Å². The van der Waals surface area contributed by atoms with Crippen LogP contribution in [0, 0.1) is 0 Å². The number of ether oxygens (including phenoxy) is 1. The summed E-state index contributed by atoms with van der Waals surface area (Å²) in [5.74, 6) is 0.791. The topological polar surface area (TPSA) is 41.9 Å². The fourth-order valence-electron chi connectivity index (χ4n) is 1.44. The van der Waals surface area contributed by atoms with Crippen molar-refractivity contribution >= 4 is 11.7 Å². The third-order valence-corrected chi connectivity index (χ3v) is 1.85. The van der Waals surface area contributed by atoms with Crippen LogP contribution in [-0.2, 0) is 9.53 Å². The molecule has 0 aromatic carbocycles. The predicted octanol–water partition coefficient (Wildman–Crippen LogP) is 0.672. The van der Waals surface area contributed by atoms with Crippen LogP contribution in [0.15, 0.2) is 4.99 Å². The highest BCUT2D eigenvalue weighted by Crippen LogP contribution is 2.18. The average molecular weight is 184 g/mol. The van der Waals surface area contributed by atoms with E-state index in [2.05, 4.69) is 4.99 Å². The van der Waals surface area contributed by atoms with Gasteiger partial charge in [-0.05, 0) is 20.8 Å². The highest BCUT2D eigenvalue weighted by atomic mass is 16.5. The van der Waals surface area contributed by atoms with Crippen LogP contribution in [0.2, 0.25) is 0 Å². The number of carbonyl (C=O) groups is 1. The van der Waals surface area contributed by atoms with Gasteiger partial charge in [-0.2, -0.15) is 0 Å². The Morgan fingerprint density at radius 1 is 1.54 bits per heavy atom. The van der Waals surface area contributed by atoms with Gasteiger partial charge in [-0.3, -0.25) is 14.7 Å². The minimum atomic E-state index is -0.203. The maximum Gasteiger partial charge on any atom is 0.250 e. The van der Waals surface area contributed by atoms with Crippen LogP contribution in [0.4, 0.5) is 0 Å². The summed E-state index contributed by atoms with van der Waals surface area (Å²) in [6.07, 6.45) is 0. The molecule has 0 spiro atoms. The van der Waals surface area contributed by atoms with Crippen molar-refractivity contribution in [2.24, 2.45) is 4.99 Å². The summed E-state index contributed by atoms with van der Waals surface area (Å²) < 4.78 is 4.97. The second kappa shape index (κ2) is 3.46. The number of carbonyl (C=O) groups excluding carboxylic acids is 1. The number of amidine groups is 1. The van der Waals surface area contributed by atoms with Gasteiger partial charge < -0.3 is 4.74 Å². The first-order chi connectivity index (χ1) is 5.96. The maximum atomic E-state index is 11.5. The van der Waals surface area contributed by atoms with Gasteiger partial charge >= 0.3 is 0 Å². The van der Waals surface area contributed by atoms with Crippen molar-refractivity contribution in [2.75, 3.05) is 20.3 Å². The van der Waals surface area contributed by atoms with Crippen LogP contribution >= 0.6 is 0 Å². The molecule has 0 radical (unpaired) electrons. The molecule has 1 aliphatic rings. The Kier molecular flexibility index (Phi) is 2.71. The van der Waals surface area contributed by atoms with E-state index in [1.165, 1.54) is 0 Å². The fraction of sp³-hybridized carbons (Fsp3) is 0.778. The van der Waals surface area contributed by atoms with Crippen LogP contribution in [0.1, 0.15) is 20.8 Å². The summed E-state index contributed by atoms with van der Waals surface area (Å²) in [5.41, 5.74) is -0.203. The monoisotopic (exact) mass is 184 g/mol. The van der Waals surface area contributed by atoms with Gasteiger partial charge in [0.25, 0.3) is 0 Å². The van der Waals surface area contributed by atoms with Crippen molar-refractivity contribution in [1.82, 2.24) is 4.90 Å². The Morgan fingerprint density at radius 2 is 2.15 bits per heavy atom. The molecule has 0 atom stereocenters. The lowest BCUT2D eigenvalue weighted by atomic mass is 10.1. The molecule has 0 fully saturated rings. The normalized spacial score (nSPS) is 18.0. The molecular weight excluding hydrogens is 168 g/mol. The summed E-state index contributed by atoms with van der Waals surface area (Å²) in [5, 5.41) is 0. The molecule has 0 unspecified atom stereocenters. The molecule has 4 nitrogen and oxygen atoms in total. The highest BCUT2D eigenvalue weighted by molar-refractivity contribution is 6.05. The highest BCUT2D eigenvalue weighted by Gasteiger charge is 2.34. The molecule has 0 bridgehead atoms. The maximum absolute atomic E-state index is 11.5. The molecule has 0 aliphatic carbocycles. The summed E-state index contributed by atoms with van der Waals surface area (Å²) in [6, 6.07) is 0. The summed E-state index contributed by atoms with van der Waals surface area (Å²) >= 11 is 0. The Hall–Kier alpha value is -0.900. The van der Waals surface area contributed by atoms with Crippen LogP contribution in [0.3, 0.4) is 0 Å². The Balaban J connectivity index is 2.80. The fourth-order valence-corrected chi connectivity index (χ4v) is 1.44. The van der Waals surface area contributed by atoms with Crippen molar-refractivity contribution < 1.29 is 9.53 Å². The zero-order valence-corrected chi connectivity index (χ0v) is 8.63. The molecule has 1 aliphatic heterocycles. The number of methoxy groups -OCH3 is 1. The molecule has 4 heteroatoms. The molecule has 0 aromatic rings. The van der Waals surface area contributed by atoms with E-state index < -0.39 is 0 Å². The van der Waals surface area contributed by atoms with Gasteiger partial charge in [0, 0.05) is 12.6 Å². The summed E-state index contributed by atoms with van der Waals surface area (Å²) in [6.45, 7) is 6.63.